The van der Waals surface area contributed by atoms with E-state index in [2.05, 4.69) is 6.58 Å². The summed E-state index contributed by atoms with van der Waals surface area (Å²) in [5, 5.41) is 0. The lowest BCUT2D eigenvalue weighted by molar-refractivity contribution is -0.131. The molecule has 0 aliphatic heterocycles. The van der Waals surface area contributed by atoms with Crippen molar-refractivity contribution in [2.75, 3.05) is 14.2 Å². The molecule has 92 valence electrons. The van der Waals surface area contributed by atoms with Gasteiger partial charge in [0, 0.05) is 12.5 Å². The van der Waals surface area contributed by atoms with E-state index in [1.807, 2.05) is 0 Å². The number of allylic oxidation sites excluding steroid dienone is 1. The summed E-state index contributed by atoms with van der Waals surface area (Å²) in [4.78, 5) is 11.0. The Bertz CT molecular complexity index is 424. The summed E-state index contributed by atoms with van der Waals surface area (Å²) in [6, 6.07) is 3.38. The predicted octanol–water partition coefficient (Wildman–Crippen LogP) is 2.36. The molecule has 0 radical (unpaired) electrons. The number of esters is 1. The zero-order valence-electron chi connectivity index (χ0n) is 10.3. The summed E-state index contributed by atoms with van der Waals surface area (Å²) >= 11 is 0. The highest BCUT2D eigenvalue weighted by atomic mass is 16.5. The second kappa shape index (κ2) is 5.94. The lowest BCUT2D eigenvalue weighted by Gasteiger charge is -2.15. The number of benzene rings is 1. The standard InChI is InChI=1S/C13H16O4/c1-5-6-10-11(17-9(2)14)7-8-12(15-3)13(10)16-4/h5,7-8H,1,6H2,2-4H3. The SMILES string of the molecule is C=CCc1c(OC(C)=O)ccc(OC)c1OC. The summed E-state index contributed by atoms with van der Waals surface area (Å²) in [6.07, 6.45) is 2.24. The molecule has 0 aliphatic carbocycles. The van der Waals surface area contributed by atoms with Crippen molar-refractivity contribution in [1.82, 2.24) is 0 Å². The number of ether oxygens (including phenoxy) is 3. The van der Waals surface area contributed by atoms with Crippen LogP contribution >= 0.6 is 0 Å². The largest absolute Gasteiger partial charge is 0.493 e. The van der Waals surface area contributed by atoms with Crippen molar-refractivity contribution in [2.24, 2.45) is 0 Å². The fourth-order valence-corrected chi connectivity index (χ4v) is 1.56. The molecule has 4 heteroatoms. The molecular weight excluding hydrogens is 220 g/mol. The van der Waals surface area contributed by atoms with Crippen LogP contribution in [0, 0.1) is 0 Å². The third kappa shape index (κ3) is 3.00. The van der Waals surface area contributed by atoms with Crippen molar-refractivity contribution in [1.29, 1.82) is 0 Å². The van der Waals surface area contributed by atoms with Gasteiger partial charge in [0.25, 0.3) is 0 Å². The van der Waals surface area contributed by atoms with Crippen molar-refractivity contribution in [3.8, 4) is 17.2 Å². The summed E-state index contributed by atoms with van der Waals surface area (Å²) in [5.41, 5.74) is 0.747. The second-order valence-corrected chi connectivity index (χ2v) is 3.36. The first kappa shape index (κ1) is 13.1. The van der Waals surface area contributed by atoms with E-state index in [1.54, 1.807) is 32.4 Å². The maximum Gasteiger partial charge on any atom is 0.308 e. The Morgan fingerprint density at radius 1 is 1.29 bits per heavy atom. The lowest BCUT2D eigenvalue weighted by atomic mass is 10.1. The number of methoxy groups -OCH3 is 2. The number of carbonyl (C=O) groups excluding carboxylic acids is 1. The molecule has 0 amide bonds. The van der Waals surface area contributed by atoms with Gasteiger partial charge in [-0.15, -0.1) is 6.58 Å². The van der Waals surface area contributed by atoms with Gasteiger partial charge in [0.1, 0.15) is 5.75 Å². The van der Waals surface area contributed by atoms with Crippen LogP contribution in [0.3, 0.4) is 0 Å². The molecule has 0 bridgehead atoms. The van der Waals surface area contributed by atoms with Crippen molar-refractivity contribution in [3.05, 3.63) is 30.4 Å². The van der Waals surface area contributed by atoms with E-state index in [0.717, 1.165) is 5.56 Å². The van der Waals surface area contributed by atoms with Gasteiger partial charge in [-0.3, -0.25) is 4.79 Å². The van der Waals surface area contributed by atoms with E-state index >= 15 is 0 Å². The van der Waals surface area contributed by atoms with E-state index in [4.69, 9.17) is 14.2 Å². The van der Waals surface area contributed by atoms with Crippen molar-refractivity contribution < 1.29 is 19.0 Å². The van der Waals surface area contributed by atoms with Gasteiger partial charge in [-0.05, 0) is 18.6 Å². The topological polar surface area (TPSA) is 44.8 Å². The predicted molar refractivity (Wildman–Crippen MR) is 64.8 cm³/mol. The molecular formula is C13H16O4. The lowest BCUT2D eigenvalue weighted by Crippen LogP contribution is -2.05. The average Bonchev–Trinajstić information content (AvgIpc) is 2.30. The molecule has 1 rings (SSSR count). The van der Waals surface area contributed by atoms with Gasteiger partial charge >= 0.3 is 5.97 Å². The molecule has 1 aromatic carbocycles. The molecule has 4 nitrogen and oxygen atoms in total. The van der Waals surface area contributed by atoms with Crippen molar-refractivity contribution in [3.63, 3.8) is 0 Å². The summed E-state index contributed by atoms with van der Waals surface area (Å²) in [7, 11) is 3.10. The summed E-state index contributed by atoms with van der Waals surface area (Å²) in [6.45, 7) is 5.03. The molecule has 0 N–H and O–H groups in total. The normalized spacial score (nSPS) is 9.59. The second-order valence-electron chi connectivity index (χ2n) is 3.36. The highest BCUT2D eigenvalue weighted by Crippen LogP contribution is 2.37. The van der Waals surface area contributed by atoms with Gasteiger partial charge in [-0.1, -0.05) is 6.08 Å². The van der Waals surface area contributed by atoms with Gasteiger partial charge in [-0.25, -0.2) is 0 Å². The average molecular weight is 236 g/mol. The minimum Gasteiger partial charge on any atom is -0.493 e. The molecule has 0 unspecified atom stereocenters. The molecule has 17 heavy (non-hydrogen) atoms. The monoisotopic (exact) mass is 236 g/mol. The Hall–Kier alpha value is -1.97. The van der Waals surface area contributed by atoms with E-state index in [-0.39, 0.29) is 5.97 Å². The highest BCUT2D eigenvalue weighted by Gasteiger charge is 2.15. The summed E-state index contributed by atoms with van der Waals surface area (Å²) < 4.78 is 15.6. The first-order chi connectivity index (χ1) is 8.13. The van der Waals surface area contributed by atoms with Gasteiger partial charge in [0.2, 0.25) is 0 Å². The Morgan fingerprint density at radius 2 is 1.94 bits per heavy atom. The van der Waals surface area contributed by atoms with Crippen LogP contribution in [-0.4, -0.2) is 20.2 Å². The van der Waals surface area contributed by atoms with Crippen LogP contribution in [-0.2, 0) is 11.2 Å². The smallest absolute Gasteiger partial charge is 0.308 e. The van der Waals surface area contributed by atoms with Crippen LogP contribution in [0.5, 0.6) is 17.2 Å². The molecule has 0 saturated carbocycles. The Labute approximate surface area is 101 Å². The molecule has 0 saturated heterocycles. The van der Waals surface area contributed by atoms with Crippen LogP contribution in [0.15, 0.2) is 24.8 Å². The fraction of sp³-hybridized carbons (Fsp3) is 0.308. The van der Waals surface area contributed by atoms with Crippen molar-refractivity contribution >= 4 is 5.97 Å². The van der Waals surface area contributed by atoms with Gasteiger partial charge < -0.3 is 14.2 Å². The Balaban J connectivity index is 3.30. The third-order valence-electron chi connectivity index (χ3n) is 2.21. The van der Waals surface area contributed by atoms with Crippen LogP contribution in [0.25, 0.3) is 0 Å². The van der Waals surface area contributed by atoms with Crippen LogP contribution < -0.4 is 14.2 Å². The zero-order valence-corrected chi connectivity index (χ0v) is 10.3. The van der Waals surface area contributed by atoms with E-state index in [0.29, 0.717) is 23.7 Å². The third-order valence-corrected chi connectivity index (χ3v) is 2.21. The van der Waals surface area contributed by atoms with Crippen molar-refractivity contribution in [2.45, 2.75) is 13.3 Å². The molecule has 0 atom stereocenters. The van der Waals surface area contributed by atoms with Gasteiger partial charge in [0.05, 0.1) is 14.2 Å². The van der Waals surface area contributed by atoms with Gasteiger partial charge in [-0.2, -0.15) is 0 Å². The molecule has 1 aromatic rings. The Morgan fingerprint density at radius 3 is 2.41 bits per heavy atom. The molecule has 0 spiro atoms. The number of hydrogen-bond acceptors (Lipinski definition) is 4. The fourth-order valence-electron chi connectivity index (χ4n) is 1.56. The minimum atomic E-state index is -0.373. The molecule has 0 aromatic heterocycles. The maximum absolute atomic E-state index is 11.0. The quantitative estimate of drug-likeness (QED) is 0.447. The molecule has 0 aliphatic rings. The molecule has 0 fully saturated rings. The summed E-state index contributed by atoms with van der Waals surface area (Å²) in [5.74, 6) is 1.25. The number of carbonyl (C=O) groups is 1. The molecule has 0 heterocycles. The zero-order chi connectivity index (χ0) is 12.8. The van der Waals surface area contributed by atoms with E-state index in [9.17, 15) is 4.79 Å². The Kier molecular flexibility index (Phi) is 4.57. The van der Waals surface area contributed by atoms with Crippen LogP contribution in [0.2, 0.25) is 0 Å². The maximum atomic E-state index is 11.0. The van der Waals surface area contributed by atoms with E-state index in [1.165, 1.54) is 6.92 Å². The van der Waals surface area contributed by atoms with E-state index < -0.39 is 0 Å². The van der Waals surface area contributed by atoms with Gasteiger partial charge in [0.15, 0.2) is 11.5 Å². The minimum absolute atomic E-state index is 0.373. The van der Waals surface area contributed by atoms with Crippen LogP contribution in [0.4, 0.5) is 0 Å². The number of rotatable bonds is 5. The first-order valence-corrected chi connectivity index (χ1v) is 5.17. The van der Waals surface area contributed by atoms with Crippen LogP contribution in [0.1, 0.15) is 12.5 Å². The number of hydrogen-bond donors (Lipinski definition) is 0. The first-order valence-electron chi connectivity index (χ1n) is 5.17. The highest BCUT2D eigenvalue weighted by molar-refractivity contribution is 5.71.